The fourth-order valence-electron chi connectivity index (χ4n) is 2.04. The van der Waals surface area contributed by atoms with Crippen molar-refractivity contribution in [1.82, 2.24) is 0 Å². The van der Waals surface area contributed by atoms with Crippen molar-refractivity contribution in [3.05, 3.63) is 33.8 Å². The van der Waals surface area contributed by atoms with E-state index in [0.29, 0.717) is 5.92 Å². The van der Waals surface area contributed by atoms with Gasteiger partial charge in [0.05, 0.1) is 6.10 Å². The normalized spacial score (nSPS) is 14.8. The summed E-state index contributed by atoms with van der Waals surface area (Å²) < 4.78 is 1.01. The molecule has 16 heavy (non-hydrogen) atoms. The SMILES string of the molecule is CCCC(C)CC(O)c1cc(C)ccc1Br. The van der Waals surface area contributed by atoms with Gasteiger partial charge in [0.15, 0.2) is 0 Å². The van der Waals surface area contributed by atoms with Gasteiger partial charge in [0, 0.05) is 4.47 Å². The molecule has 1 aromatic carbocycles. The fourth-order valence-corrected chi connectivity index (χ4v) is 2.55. The van der Waals surface area contributed by atoms with E-state index in [-0.39, 0.29) is 6.10 Å². The second-order valence-electron chi connectivity index (χ2n) is 4.67. The lowest BCUT2D eigenvalue weighted by Gasteiger charge is -2.17. The van der Waals surface area contributed by atoms with E-state index in [4.69, 9.17) is 0 Å². The summed E-state index contributed by atoms with van der Waals surface area (Å²) in [6.07, 6.45) is 2.86. The minimum absolute atomic E-state index is 0.351. The largest absolute Gasteiger partial charge is 0.388 e. The summed E-state index contributed by atoms with van der Waals surface area (Å²) >= 11 is 3.50. The number of rotatable bonds is 5. The molecule has 0 aliphatic rings. The molecule has 0 saturated carbocycles. The van der Waals surface area contributed by atoms with Crippen LogP contribution in [0.3, 0.4) is 0 Å². The van der Waals surface area contributed by atoms with Gasteiger partial charge in [0.2, 0.25) is 0 Å². The average molecular weight is 285 g/mol. The molecule has 1 aromatic rings. The number of aliphatic hydroxyl groups excluding tert-OH is 1. The third-order valence-electron chi connectivity index (χ3n) is 2.92. The zero-order valence-corrected chi connectivity index (χ0v) is 11.9. The molecule has 1 rings (SSSR count). The molecule has 0 saturated heterocycles. The Hall–Kier alpha value is -0.340. The Morgan fingerprint density at radius 2 is 2.06 bits per heavy atom. The van der Waals surface area contributed by atoms with Crippen LogP contribution in [0.2, 0.25) is 0 Å². The van der Waals surface area contributed by atoms with Crippen LogP contribution in [-0.2, 0) is 0 Å². The van der Waals surface area contributed by atoms with Crippen molar-refractivity contribution in [2.24, 2.45) is 5.92 Å². The van der Waals surface area contributed by atoms with Gasteiger partial charge >= 0.3 is 0 Å². The van der Waals surface area contributed by atoms with Gasteiger partial charge < -0.3 is 5.11 Å². The van der Waals surface area contributed by atoms with Gasteiger partial charge in [-0.25, -0.2) is 0 Å². The monoisotopic (exact) mass is 284 g/mol. The minimum atomic E-state index is -0.351. The Morgan fingerprint density at radius 3 is 2.69 bits per heavy atom. The molecule has 0 bridgehead atoms. The van der Waals surface area contributed by atoms with Gasteiger partial charge in [0.1, 0.15) is 0 Å². The van der Waals surface area contributed by atoms with Crippen LogP contribution in [-0.4, -0.2) is 5.11 Å². The lowest BCUT2D eigenvalue weighted by molar-refractivity contribution is 0.144. The van der Waals surface area contributed by atoms with Gasteiger partial charge in [-0.15, -0.1) is 0 Å². The molecule has 0 radical (unpaired) electrons. The Morgan fingerprint density at radius 1 is 1.38 bits per heavy atom. The fraction of sp³-hybridized carbons (Fsp3) is 0.571. The second kappa shape index (κ2) is 6.41. The van der Waals surface area contributed by atoms with Crippen LogP contribution < -0.4 is 0 Å². The van der Waals surface area contributed by atoms with Crippen molar-refractivity contribution in [1.29, 1.82) is 0 Å². The smallest absolute Gasteiger partial charge is 0.0803 e. The predicted octanol–water partition coefficient (Wildman–Crippen LogP) is 4.62. The molecule has 0 amide bonds. The number of hydrogen-bond donors (Lipinski definition) is 1. The van der Waals surface area contributed by atoms with E-state index in [1.54, 1.807) is 0 Å². The maximum absolute atomic E-state index is 10.2. The minimum Gasteiger partial charge on any atom is -0.388 e. The van der Waals surface area contributed by atoms with Crippen LogP contribution in [0.15, 0.2) is 22.7 Å². The first kappa shape index (κ1) is 13.7. The Balaban J connectivity index is 2.72. The summed E-state index contributed by atoms with van der Waals surface area (Å²) in [5.74, 6) is 0.576. The van der Waals surface area contributed by atoms with Crippen LogP contribution in [0.1, 0.15) is 50.3 Å². The first-order valence-electron chi connectivity index (χ1n) is 5.98. The topological polar surface area (TPSA) is 20.2 Å². The van der Waals surface area contributed by atoms with E-state index in [1.165, 1.54) is 18.4 Å². The lowest BCUT2D eigenvalue weighted by atomic mass is 9.94. The first-order chi connectivity index (χ1) is 7.54. The van der Waals surface area contributed by atoms with Crippen molar-refractivity contribution in [2.75, 3.05) is 0 Å². The van der Waals surface area contributed by atoms with Gasteiger partial charge in [-0.05, 0) is 30.9 Å². The van der Waals surface area contributed by atoms with Crippen LogP contribution in [0.4, 0.5) is 0 Å². The van der Waals surface area contributed by atoms with E-state index in [1.807, 2.05) is 6.07 Å². The van der Waals surface area contributed by atoms with E-state index in [2.05, 4.69) is 48.8 Å². The zero-order chi connectivity index (χ0) is 12.1. The summed E-state index contributed by atoms with van der Waals surface area (Å²) in [6.45, 7) is 6.44. The van der Waals surface area contributed by atoms with Crippen LogP contribution >= 0.6 is 15.9 Å². The van der Waals surface area contributed by atoms with Crippen LogP contribution in [0.25, 0.3) is 0 Å². The highest BCUT2D eigenvalue weighted by molar-refractivity contribution is 9.10. The number of halogens is 1. The Kier molecular flexibility index (Phi) is 5.50. The number of aryl methyl sites for hydroxylation is 1. The molecule has 0 aliphatic heterocycles. The van der Waals surface area contributed by atoms with E-state index < -0.39 is 0 Å². The predicted molar refractivity (Wildman–Crippen MR) is 72.5 cm³/mol. The van der Waals surface area contributed by atoms with E-state index in [9.17, 15) is 5.11 Å². The maximum atomic E-state index is 10.2. The molecular weight excluding hydrogens is 264 g/mol. The third-order valence-corrected chi connectivity index (χ3v) is 3.64. The maximum Gasteiger partial charge on any atom is 0.0803 e. The van der Waals surface area contributed by atoms with Crippen LogP contribution in [0, 0.1) is 12.8 Å². The van der Waals surface area contributed by atoms with Gasteiger partial charge in [0.25, 0.3) is 0 Å². The molecular formula is C14H21BrO. The van der Waals surface area contributed by atoms with E-state index in [0.717, 1.165) is 16.5 Å². The second-order valence-corrected chi connectivity index (χ2v) is 5.52. The molecule has 0 fully saturated rings. The highest BCUT2D eigenvalue weighted by Crippen LogP contribution is 2.29. The molecule has 2 atom stereocenters. The zero-order valence-electron chi connectivity index (χ0n) is 10.3. The van der Waals surface area contributed by atoms with Crippen molar-refractivity contribution in [2.45, 2.75) is 46.1 Å². The molecule has 1 nitrogen and oxygen atoms in total. The summed E-state index contributed by atoms with van der Waals surface area (Å²) in [5, 5.41) is 10.2. The van der Waals surface area contributed by atoms with Crippen molar-refractivity contribution >= 4 is 15.9 Å². The molecule has 2 unspecified atom stereocenters. The van der Waals surface area contributed by atoms with Gasteiger partial charge in [-0.3, -0.25) is 0 Å². The van der Waals surface area contributed by atoms with Crippen molar-refractivity contribution in [3.63, 3.8) is 0 Å². The van der Waals surface area contributed by atoms with Crippen molar-refractivity contribution < 1.29 is 5.11 Å². The highest BCUT2D eigenvalue weighted by Gasteiger charge is 2.14. The average Bonchev–Trinajstić information content (AvgIpc) is 2.21. The summed E-state index contributed by atoms with van der Waals surface area (Å²) in [7, 11) is 0. The van der Waals surface area contributed by atoms with Crippen molar-refractivity contribution in [3.8, 4) is 0 Å². The van der Waals surface area contributed by atoms with E-state index >= 15 is 0 Å². The molecule has 0 aliphatic carbocycles. The third kappa shape index (κ3) is 3.91. The van der Waals surface area contributed by atoms with Crippen LogP contribution in [0.5, 0.6) is 0 Å². The summed E-state index contributed by atoms with van der Waals surface area (Å²) in [5.41, 5.74) is 2.21. The lowest BCUT2D eigenvalue weighted by Crippen LogP contribution is -2.05. The summed E-state index contributed by atoms with van der Waals surface area (Å²) in [6, 6.07) is 6.13. The first-order valence-corrected chi connectivity index (χ1v) is 6.78. The number of benzene rings is 1. The molecule has 1 N–H and O–H groups in total. The molecule has 0 aromatic heterocycles. The highest BCUT2D eigenvalue weighted by atomic mass is 79.9. The van der Waals surface area contributed by atoms with Gasteiger partial charge in [-0.2, -0.15) is 0 Å². The Labute approximate surface area is 107 Å². The number of hydrogen-bond acceptors (Lipinski definition) is 1. The number of aliphatic hydroxyl groups is 1. The Bertz CT molecular complexity index is 336. The molecule has 0 spiro atoms. The molecule has 2 heteroatoms. The quantitative estimate of drug-likeness (QED) is 0.837. The van der Waals surface area contributed by atoms with Gasteiger partial charge in [-0.1, -0.05) is 60.3 Å². The molecule has 0 heterocycles. The standard InChI is InChI=1S/C14H21BrO/c1-4-5-10(2)9-14(16)12-8-11(3)6-7-13(12)15/h6-8,10,14,16H,4-5,9H2,1-3H3. The summed E-state index contributed by atoms with van der Waals surface area (Å²) in [4.78, 5) is 0. The molecule has 90 valence electrons.